The van der Waals surface area contributed by atoms with E-state index in [2.05, 4.69) is 17.1 Å². The van der Waals surface area contributed by atoms with E-state index in [1.165, 1.54) is 39.0 Å². The number of ether oxygens (including phenoxy) is 1. The van der Waals surface area contributed by atoms with Gasteiger partial charge in [-0.2, -0.15) is 0 Å². The van der Waals surface area contributed by atoms with Gasteiger partial charge in [0.25, 0.3) is 0 Å². The van der Waals surface area contributed by atoms with Crippen LogP contribution in [0.25, 0.3) is 0 Å². The molecule has 0 unspecified atom stereocenters. The fraction of sp³-hybridized carbons (Fsp3) is 1.00. The van der Waals surface area contributed by atoms with Gasteiger partial charge >= 0.3 is 0 Å². The summed E-state index contributed by atoms with van der Waals surface area (Å²) in [6.07, 6.45) is 2.40. The molecule has 0 aromatic carbocycles. The summed E-state index contributed by atoms with van der Waals surface area (Å²) in [5.74, 6) is 0.901. The highest BCUT2D eigenvalue weighted by Gasteiger charge is 2.25. The first-order chi connectivity index (χ1) is 6.88. The zero-order valence-electron chi connectivity index (χ0n) is 9.17. The van der Waals surface area contributed by atoms with Gasteiger partial charge in [0, 0.05) is 38.9 Å². The van der Waals surface area contributed by atoms with E-state index in [1.54, 1.807) is 0 Å². The van der Waals surface area contributed by atoms with Gasteiger partial charge in [0.15, 0.2) is 0 Å². The van der Waals surface area contributed by atoms with Gasteiger partial charge in [0.05, 0.1) is 0 Å². The lowest BCUT2D eigenvalue weighted by Crippen LogP contribution is -2.52. The van der Waals surface area contributed by atoms with Crippen LogP contribution in [-0.2, 0) is 4.74 Å². The minimum Gasteiger partial charge on any atom is -0.381 e. The van der Waals surface area contributed by atoms with Crippen LogP contribution >= 0.6 is 0 Å². The molecule has 1 N–H and O–H groups in total. The highest BCUT2D eigenvalue weighted by Crippen LogP contribution is 2.14. The summed E-state index contributed by atoms with van der Waals surface area (Å²) in [7, 11) is 0. The van der Waals surface area contributed by atoms with Gasteiger partial charge in [-0.25, -0.2) is 0 Å². The molecule has 14 heavy (non-hydrogen) atoms. The molecule has 0 saturated carbocycles. The van der Waals surface area contributed by atoms with E-state index in [9.17, 15) is 0 Å². The van der Waals surface area contributed by atoms with E-state index in [0.717, 1.165) is 25.2 Å². The average molecular weight is 198 g/mol. The summed E-state index contributed by atoms with van der Waals surface area (Å²) in [6.45, 7) is 9.16. The Bertz CT molecular complexity index is 163. The van der Waals surface area contributed by atoms with Crippen LogP contribution in [0.1, 0.15) is 19.8 Å². The summed E-state index contributed by atoms with van der Waals surface area (Å²) in [5, 5.41) is 3.66. The molecular formula is C11H22N2O. The van der Waals surface area contributed by atoms with Crippen molar-refractivity contribution in [2.45, 2.75) is 25.8 Å². The Hall–Kier alpha value is -0.120. The molecule has 2 rings (SSSR count). The van der Waals surface area contributed by atoms with Crippen molar-refractivity contribution in [1.82, 2.24) is 10.2 Å². The zero-order valence-corrected chi connectivity index (χ0v) is 9.17. The summed E-state index contributed by atoms with van der Waals surface area (Å²) in [6, 6.07) is 0.722. The molecule has 0 aromatic rings. The Morgan fingerprint density at radius 2 is 2.00 bits per heavy atom. The Morgan fingerprint density at radius 1 is 1.29 bits per heavy atom. The third-order valence-electron chi connectivity index (χ3n) is 3.40. The normalized spacial score (nSPS) is 26.4. The highest BCUT2D eigenvalue weighted by atomic mass is 16.5. The third kappa shape index (κ3) is 2.69. The van der Waals surface area contributed by atoms with Crippen molar-refractivity contribution in [2.75, 3.05) is 39.4 Å². The summed E-state index contributed by atoms with van der Waals surface area (Å²) < 4.78 is 5.33. The molecule has 0 aromatic heterocycles. The van der Waals surface area contributed by atoms with Gasteiger partial charge in [-0.3, -0.25) is 0 Å². The number of nitrogens with zero attached hydrogens (tertiary/aromatic N) is 1. The molecule has 2 heterocycles. The lowest BCUT2D eigenvalue weighted by molar-refractivity contribution is 0.0668. The molecule has 2 aliphatic rings. The first-order valence-corrected chi connectivity index (χ1v) is 5.92. The van der Waals surface area contributed by atoms with Crippen LogP contribution in [0.4, 0.5) is 0 Å². The summed E-state index contributed by atoms with van der Waals surface area (Å²) in [4.78, 5) is 2.50. The first kappa shape index (κ1) is 10.4. The van der Waals surface area contributed by atoms with Crippen molar-refractivity contribution in [2.24, 2.45) is 5.92 Å². The third-order valence-corrected chi connectivity index (χ3v) is 3.40. The van der Waals surface area contributed by atoms with Crippen molar-refractivity contribution in [1.29, 1.82) is 0 Å². The standard InChI is InChI=1S/C11H22N2O/c1-2-13-8-10(9-13)7-12-11-3-5-14-6-4-11/h10-12H,2-9H2,1H3. The molecular weight excluding hydrogens is 176 g/mol. The maximum Gasteiger partial charge on any atom is 0.0480 e. The minimum atomic E-state index is 0.722. The van der Waals surface area contributed by atoms with Gasteiger partial charge in [-0.15, -0.1) is 0 Å². The van der Waals surface area contributed by atoms with Gasteiger partial charge in [-0.1, -0.05) is 6.92 Å². The van der Waals surface area contributed by atoms with E-state index >= 15 is 0 Å². The first-order valence-electron chi connectivity index (χ1n) is 5.92. The molecule has 82 valence electrons. The fourth-order valence-corrected chi connectivity index (χ4v) is 2.30. The van der Waals surface area contributed by atoms with Crippen molar-refractivity contribution in [3.05, 3.63) is 0 Å². The maximum atomic E-state index is 5.33. The number of hydrogen-bond acceptors (Lipinski definition) is 3. The summed E-state index contributed by atoms with van der Waals surface area (Å²) in [5.41, 5.74) is 0. The molecule has 0 atom stereocenters. The fourth-order valence-electron chi connectivity index (χ4n) is 2.30. The Labute approximate surface area is 86.8 Å². The Morgan fingerprint density at radius 3 is 2.64 bits per heavy atom. The molecule has 3 heteroatoms. The predicted molar refractivity (Wildman–Crippen MR) is 57.4 cm³/mol. The van der Waals surface area contributed by atoms with Gasteiger partial charge in [-0.05, 0) is 25.3 Å². The molecule has 0 spiro atoms. The molecule has 0 bridgehead atoms. The molecule has 0 radical (unpaired) electrons. The quantitative estimate of drug-likeness (QED) is 0.720. The predicted octanol–water partition coefficient (Wildman–Crippen LogP) is 0.707. The lowest BCUT2D eigenvalue weighted by atomic mass is 9.99. The van der Waals surface area contributed by atoms with Crippen molar-refractivity contribution < 1.29 is 4.74 Å². The van der Waals surface area contributed by atoms with Gasteiger partial charge in [0.1, 0.15) is 0 Å². The van der Waals surface area contributed by atoms with E-state index < -0.39 is 0 Å². The molecule has 0 amide bonds. The van der Waals surface area contributed by atoms with Crippen LogP contribution in [0, 0.1) is 5.92 Å². The smallest absolute Gasteiger partial charge is 0.0480 e. The monoisotopic (exact) mass is 198 g/mol. The van der Waals surface area contributed by atoms with Crippen molar-refractivity contribution in [3.63, 3.8) is 0 Å². The van der Waals surface area contributed by atoms with Crippen molar-refractivity contribution in [3.8, 4) is 0 Å². The van der Waals surface area contributed by atoms with Crippen LogP contribution in [0.3, 0.4) is 0 Å². The van der Waals surface area contributed by atoms with Crippen LogP contribution in [0.2, 0.25) is 0 Å². The number of hydrogen-bond donors (Lipinski definition) is 1. The van der Waals surface area contributed by atoms with Gasteiger partial charge < -0.3 is 15.0 Å². The van der Waals surface area contributed by atoms with E-state index in [1.807, 2.05) is 0 Å². The summed E-state index contributed by atoms with van der Waals surface area (Å²) >= 11 is 0. The lowest BCUT2D eigenvalue weighted by Gasteiger charge is -2.39. The van der Waals surface area contributed by atoms with E-state index in [4.69, 9.17) is 4.74 Å². The number of nitrogens with one attached hydrogen (secondary N) is 1. The molecule has 0 aliphatic carbocycles. The Balaban J connectivity index is 1.54. The second-order valence-electron chi connectivity index (χ2n) is 4.51. The molecule has 2 saturated heterocycles. The van der Waals surface area contributed by atoms with Crippen molar-refractivity contribution >= 4 is 0 Å². The van der Waals surface area contributed by atoms with Crippen LogP contribution < -0.4 is 5.32 Å². The van der Waals surface area contributed by atoms with E-state index in [-0.39, 0.29) is 0 Å². The SMILES string of the molecule is CCN1CC(CNC2CCOCC2)C1. The van der Waals surface area contributed by atoms with Gasteiger partial charge in [0.2, 0.25) is 0 Å². The average Bonchev–Trinajstić information content (AvgIpc) is 2.17. The zero-order chi connectivity index (χ0) is 9.80. The largest absolute Gasteiger partial charge is 0.381 e. The number of likely N-dealkylation sites (tertiary alicyclic amines) is 1. The highest BCUT2D eigenvalue weighted by molar-refractivity contribution is 4.82. The van der Waals surface area contributed by atoms with Crippen LogP contribution in [0.15, 0.2) is 0 Å². The molecule has 2 aliphatic heterocycles. The second kappa shape index (κ2) is 5.10. The van der Waals surface area contributed by atoms with Crippen LogP contribution in [0.5, 0.6) is 0 Å². The van der Waals surface area contributed by atoms with E-state index in [0.29, 0.717) is 0 Å². The molecule has 3 nitrogen and oxygen atoms in total. The van der Waals surface area contributed by atoms with Crippen LogP contribution in [-0.4, -0.2) is 50.3 Å². The topological polar surface area (TPSA) is 24.5 Å². The minimum absolute atomic E-state index is 0.722. The Kier molecular flexibility index (Phi) is 3.79. The maximum absolute atomic E-state index is 5.33. The second-order valence-corrected chi connectivity index (χ2v) is 4.51. The number of rotatable bonds is 4. The molecule has 2 fully saturated rings.